The molecule has 7 heteroatoms. The number of halogens is 1. The van der Waals surface area contributed by atoms with E-state index in [1.807, 2.05) is 6.07 Å². The van der Waals surface area contributed by atoms with Gasteiger partial charge in [-0.1, -0.05) is 0 Å². The van der Waals surface area contributed by atoms with Gasteiger partial charge in [0, 0.05) is 6.20 Å². The van der Waals surface area contributed by atoms with Crippen LogP contribution in [-0.4, -0.2) is 19.4 Å². The van der Waals surface area contributed by atoms with Gasteiger partial charge in [0.15, 0.2) is 5.82 Å². The monoisotopic (exact) mass is 255 g/mol. The van der Waals surface area contributed by atoms with Crippen molar-refractivity contribution in [1.29, 1.82) is 5.26 Å². The molecular formula is C10H10FN3O2S. The van der Waals surface area contributed by atoms with Crippen LogP contribution in [-0.2, 0) is 10.0 Å². The van der Waals surface area contributed by atoms with E-state index in [9.17, 15) is 12.8 Å². The molecule has 0 radical (unpaired) electrons. The number of hydrogen-bond donors (Lipinski definition) is 1. The number of aromatic nitrogens is 1. The molecule has 17 heavy (non-hydrogen) atoms. The summed E-state index contributed by atoms with van der Waals surface area (Å²) in [4.78, 5) is 3.48. The fraction of sp³-hybridized carbons (Fsp3) is 0.400. The van der Waals surface area contributed by atoms with Crippen molar-refractivity contribution in [3.05, 3.63) is 24.1 Å². The van der Waals surface area contributed by atoms with Gasteiger partial charge in [-0.05, 0) is 30.9 Å². The molecule has 0 bridgehead atoms. The fourth-order valence-electron chi connectivity index (χ4n) is 1.45. The first-order valence-corrected chi connectivity index (χ1v) is 6.55. The lowest BCUT2D eigenvalue weighted by atomic mass is 10.2. The summed E-state index contributed by atoms with van der Waals surface area (Å²) in [6, 6.07) is 3.38. The normalized spacial score (nSPS) is 17.4. The highest BCUT2D eigenvalue weighted by molar-refractivity contribution is 7.89. The van der Waals surface area contributed by atoms with Crippen molar-refractivity contribution >= 4 is 10.0 Å². The van der Waals surface area contributed by atoms with Crippen LogP contribution in [0.25, 0.3) is 0 Å². The van der Waals surface area contributed by atoms with E-state index in [0.29, 0.717) is 0 Å². The number of hydrogen-bond acceptors (Lipinski definition) is 4. The Bertz CT molecular complexity index is 563. The molecule has 2 rings (SSSR count). The van der Waals surface area contributed by atoms with Crippen LogP contribution in [0.15, 0.2) is 23.4 Å². The zero-order valence-corrected chi connectivity index (χ0v) is 9.61. The van der Waals surface area contributed by atoms with Gasteiger partial charge in [0.2, 0.25) is 5.03 Å². The summed E-state index contributed by atoms with van der Waals surface area (Å²) in [5.74, 6) is -0.894. The minimum absolute atomic E-state index is 0.0292. The predicted molar refractivity (Wildman–Crippen MR) is 56.6 cm³/mol. The zero-order valence-electron chi connectivity index (χ0n) is 8.80. The van der Waals surface area contributed by atoms with Crippen molar-refractivity contribution in [3.63, 3.8) is 0 Å². The number of nitrogens with zero attached hydrogens (tertiary/aromatic N) is 2. The summed E-state index contributed by atoms with van der Waals surface area (Å²) in [6.07, 6.45) is 2.81. The molecule has 1 aliphatic rings. The Kier molecular flexibility index (Phi) is 3.09. The SMILES string of the molecule is N#CC(NS(=O)(=O)c1ncccc1F)C1CC1. The summed E-state index contributed by atoms with van der Waals surface area (Å²) < 4.78 is 39.0. The van der Waals surface area contributed by atoms with E-state index in [4.69, 9.17) is 5.26 Å². The van der Waals surface area contributed by atoms with Crippen LogP contribution in [0.5, 0.6) is 0 Å². The van der Waals surface area contributed by atoms with E-state index in [1.54, 1.807) is 0 Å². The topological polar surface area (TPSA) is 82.9 Å². The number of pyridine rings is 1. The number of rotatable bonds is 4. The average Bonchev–Trinajstić information content (AvgIpc) is 3.10. The van der Waals surface area contributed by atoms with Crippen LogP contribution >= 0.6 is 0 Å². The van der Waals surface area contributed by atoms with Crippen LogP contribution in [0.1, 0.15) is 12.8 Å². The van der Waals surface area contributed by atoms with Crippen molar-refractivity contribution < 1.29 is 12.8 Å². The first-order valence-electron chi connectivity index (χ1n) is 5.07. The van der Waals surface area contributed by atoms with E-state index < -0.39 is 26.9 Å². The highest BCUT2D eigenvalue weighted by Gasteiger charge is 2.35. The molecule has 0 spiro atoms. The predicted octanol–water partition coefficient (Wildman–Crippen LogP) is 0.801. The molecule has 90 valence electrons. The maximum absolute atomic E-state index is 13.3. The van der Waals surface area contributed by atoms with Crippen molar-refractivity contribution in [2.45, 2.75) is 23.9 Å². The second-order valence-corrected chi connectivity index (χ2v) is 5.49. The smallest absolute Gasteiger partial charge is 0.241 e. The second kappa shape index (κ2) is 4.39. The van der Waals surface area contributed by atoms with Crippen LogP contribution in [0.4, 0.5) is 4.39 Å². The summed E-state index contributed by atoms with van der Waals surface area (Å²) in [7, 11) is -4.07. The van der Waals surface area contributed by atoms with Gasteiger partial charge in [-0.15, -0.1) is 0 Å². The van der Waals surface area contributed by atoms with Gasteiger partial charge in [0.1, 0.15) is 6.04 Å². The molecule has 5 nitrogen and oxygen atoms in total. The number of nitriles is 1. The Morgan fingerprint density at radius 2 is 2.29 bits per heavy atom. The fourth-order valence-corrected chi connectivity index (χ4v) is 2.66. The lowest BCUT2D eigenvalue weighted by molar-refractivity contribution is 0.532. The third-order valence-corrected chi connectivity index (χ3v) is 3.87. The van der Waals surface area contributed by atoms with Crippen molar-refractivity contribution in [1.82, 2.24) is 9.71 Å². The third kappa shape index (κ3) is 2.60. The molecule has 0 saturated heterocycles. The van der Waals surface area contributed by atoms with Gasteiger partial charge in [-0.25, -0.2) is 17.8 Å². The van der Waals surface area contributed by atoms with Crippen molar-refractivity contribution in [2.75, 3.05) is 0 Å². The maximum Gasteiger partial charge on any atom is 0.262 e. The zero-order chi connectivity index (χ0) is 12.5. The van der Waals surface area contributed by atoms with E-state index in [0.717, 1.165) is 18.9 Å². The van der Waals surface area contributed by atoms with Gasteiger partial charge in [-0.2, -0.15) is 9.98 Å². The number of nitrogens with one attached hydrogen (secondary N) is 1. The molecule has 1 unspecified atom stereocenters. The van der Waals surface area contributed by atoms with Crippen molar-refractivity contribution in [3.8, 4) is 6.07 Å². The highest BCUT2D eigenvalue weighted by atomic mass is 32.2. The maximum atomic E-state index is 13.3. The van der Waals surface area contributed by atoms with E-state index in [1.165, 1.54) is 12.3 Å². The van der Waals surface area contributed by atoms with Gasteiger partial charge >= 0.3 is 0 Å². The van der Waals surface area contributed by atoms with Crippen LogP contribution < -0.4 is 4.72 Å². The molecule has 1 aromatic heterocycles. The second-order valence-electron chi connectivity index (χ2n) is 3.86. The Labute approximate surface area is 98.3 Å². The first-order chi connectivity index (χ1) is 8.04. The summed E-state index contributed by atoms with van der Waals surface area (Å²) in [5.41, 5.74) is 0. The largest absolute Gasteiger partial charge is 0.262 e. The van der Waals surface area contributed by atoms with Crippen LogP contribution in [0.2, 0.25) is 0 Å². The van der Waals surface area contributed by atoms with E-state index in [-0.39, 0.29) is 5.92 Å². The third-order valence-electron chi connectivity index (χ3n) is 2.49. The van der Waals surface area contributed by atoms with Crippen LogP contribution in [0, 0.1) is 23.1 Å². The first kappa shape index (κ1) is 12.0. The molecule has 0 aromatic carbocycles. The quantitative estimate of drug-likeness (QED) is 0.862. The average molecular weight is 255 g/mol. The minimum atomic E-state index is -4.07. The van der Waals surface area contributed by atoms with Gasteiger partial charge in [-0.3, -0.25) is 0 Å². The van der Waals surface area contributed by atoms with Gasteiger partial charge in [0.25, 0.3) is 10.0 Å². The number of sulfonamides is 1. The van der Waals surface area contributed by atoms with Crippen LogP contribution in [0.3, 0.4) is 0 Å². The molecule has 0 amide bonds. The van der Waals surface area contributed by atoms with E-state index >= 15 is 0 Å². The Morgan fingerprint density at radius 3 is 2.82 bits per heavy atom. The molecular weight excluding hydrogens is 245 g/mol. The summed E-state index contributed by atoms with van der Waals surface area (Å²) >= 11 is 0. The Morgan fingerprint density at radius 1 is 1.59 bits per heavy atom. The highest BCUT2D eigenvalue weighted by Crippen LogP contribution is 2.33. The van der Waals surface area contributed by atoms with Crippen molar-refractivity contribution in [2.24, 2.45) is 5.92 Å². The minimum Gasteiger partial charge on any atom is -0.241 e. The molecule has 1 fully saturated rings. The Hall–Kier alpha value is -1.52. The molecule has 1 aliphatic carbocycles. The molecule has 1 saturated carbocycles. The standard InChI is InChI=1S/C10H10FN3O2S/c11-8-2-1-5-13-10(8)17(15,16)14-9(6-12)7-3-4-7/h1-2,5,7,9,14H,3-4H2. The molecule has 1 aromatic rings. The summed E-state index contributed by atoms with van der Waals surface area (Å²) in [5, 5.41) is 8.16. The lowest BCUT2D eigenvalue weighted by Crippen LogP contribution is -2.36. The van der Waals surface area contributed by atoms with Gasteiger partial charge < -0.3 is 0 Å². The molecule has 1 N–H and O–H groups in total. The molecule has 1 heterocycles. The Balaban J connectivity index is 2.25. The summed E-state index contributed by atoms with van der Waals surface area (Å²) in [6.45, 7) is 0. The van der Waals surface area contributed by atoms with E-state index in [2.05, 4.69) is 9.71 Å². The lowest BCUT2D eigenvalue weighted by Gasteiger charge is -2.10. The molecule has 0 aliphatic heterocycles. The molecule has 1 atom stereocenters. The van der Waals surface area contributed by atoms with Gasteiger partial charge in [0.05, 0.1) is 6.07 Å².